The summed E-state index contributed by atoms with van der Waals surface area (Å²) in [5.41, 5.74) is 6.80. The van der Waals surface area contributed by atoms with Gasteiger partial charge in [0.2, 0.25) is 5.91 Å². The van der Waals surface area contributed by atoms with Crippen LogP contribution in [-0.2, 0) is 4.79 Å². The lowest BCUT2D eigenvalue weighted by Gasteiger charge is -2.39. The number of fused-ring (bicyclic) bond motifs is 2. The van der Waals surface area contributed by atoms with E-state index in [1.807, 2.05) is 12.1 Å². The second-order valence-corrected chi connectivity index (χ2v) is 15.7. The summed E-state index contributed by atoms with van der Waals surface area (Å²) in [5, 5.41) is 13.4. The number of urea groups is 1. The Morgan fingerprint density at radius 3 is 2.28 bits per heavy atom. The number of likely N-dealkylation sites (tertiary alicyclic amines) is 1. The van der Waals surface area contributed by atoms with Crippen molar-refractivity contribution >= 4 is 50.8 Å². The summed E-state index contributed by atoms with van der Waals surface area (Å²) in [7, 11) is 0. The summed E-state index contributed by atoms with van der Waals surface area (Å²) >= 11 is 0. The third-order valence-electron chi connectivity index (χ3n) is 12.6. The van der Waals surface area contributed by atoms with Crippen LogP contribution in [0.5, 0.6) is 0 Å². The molecule has 54 heavy (non-hydrogen) atoms. The van der Waals surface area contributed by atoms with Crippen LogP contribution in [0.25, 0.3) is 21.8 Å². The normalized spacial score (nSPS) is 19.9. The van der Waals surface area contributed by atoms with Gasteiger partial charge in [-0.3, -0.25) is 15.0 Å². The van der Waals surface area contributed by atoms with E-state index < -0.39 is 0 Å². The number of nitriles is 1. The molecule has 0 aliphatic carbocycles. The average Bonchev–Trinajstić information content (AvgIpc) is 3.84. The molecule has 0 unspecified atom stereocenters. The number of nitrogens with one attached hydrogen (secondary N) is 2. The molecule has 4 aliphatic heterocycles. The van der Waals surface area contributed by atoms with Gasteiger partial charge in [-0.05, 0) is 104 Å². The van der Waals surface area contributed by atoms with Gasteiger partial charge in [-0.1, -0.05) is 12.1 Å². The van der Waals surface area contributed by atoms with Crippen LogP contribution in [0.15, 0.2) is 73.1 Å². The first-order chi connectivity index (χ1) is 26.4. The topological polar surface area (TPSA) is 104 Å². The summed E-state index contributed by atoms with van der Waals surface area (Å²) in [6.45, 7) is 7.83. The first kappa shape index (κ1) is 34.4. The predicted octanol–water partition coefficient (Wildman–Crippen LogP) is 7.52. The Labute approximate surface area is 315 Å². The highest BCUT2D eigenvalue weighted by Gasteiger charge is 2.28. The largest absolute Gasteiger partial charge is 0.372 e. The van der Waals surface area contributed by atoms with Crippen molar-refractivity contribution in [1.82, 2.24) is 19.8 Å². The quantitative estimate of drug-likeness (QED) is 0.180. The maximum absolute atomic E-state index is 14.5. The van der Waals surface area contributed by atoms with Crippen molar-refractivity contribution in [2.45, 2.75) is 56.9 Å². The number of imide groups is 1. The molecule has 0 atom stereocenters. The van der Waals surface area contributed by atoms with E-state index in [0.717, 1.165) is 87.6 Å². The van der Waals surface area contributed by atoms with Gasteiger partial charge in [0.05, 0.1) is 22.2 Å². The number of rotatable bonds is 7. The average molecular weight is 727 g/mol. The summed E-state index contributed by atoms with van der Waals surface area (Å²) in [6, 6.07) is 23.2. The van der Waals surface area contributed by atoms with Gasteiger partial charge in [-0.2, -0.15) is 5.26 Å². The van der Waals surface area contributed by atoms with Gasteiger partial charge in [-0.15, -0.1) is 0 Å². The molecule has 5 aromatic rings. The number of hydrogen-bond donors (Lipinski definition) is 2. The summed E-state index contributed by atoms with van der Waals surface area (Å²) in [4.78, 5) is 36.3. The molecule has 4 saturated heterocycles. The molecule has 0 bridgehead atoms. The first-order valence-electron chi connectivity index (χ1n) is 19.7. The van der Waals surface area contributed by atoms with Crippen molar-refractivity contribution in [3.8, 4) is 6.07 Å². The van der Waals surface area contributed by atoms with E-state index in [1.54, 1.807) is 11.1 Å². The minimum atomic E-state index is -0.352. The lowest BCUT2D eigenvalue weighted by molar-refractivity contribution is -0.120. The molecule has 0 spiro atoms. The van der Waals surface area contributed by atoms with Crippen molar-refractivity contribution in [2.24, 2.45) is 5.92 Å². The molecule has 11 heteroatoms. The second kappa shape index (κ2) is 14.5. The Morgan fingerprint density at radius 2 is 1.54 bits per heavy atom. The molecule has 2 aromatic heterocycles. The van der Waals surface area contributed by atoms with Gasteiger partial charge in [-0.25, -0.2) is 9.18 Å². The van der Waals surface area contributed by atoms with Crippen molar-refractivity contribution in [3.63, 3.8) is 0 Å². The van der Waals surface area contributed by atoms with Gasteiger partial charge >= 0.3 is 6.03 Å². The van der Waals surface area contributed by atoms with Gasteiger partial charge in [0.1, 0.15) is 11.9 Å². The lowest BCUT2D eigenvalue weighted by Crippen LogP contribution is -2.49. The second-order valence-electron chi connectivity index (χ2n) is 15.7. The Bertz CT molecular complexity index is 2210. The molecule has 278 valence electrons. The van der Waals surface area contributed by atoms with Crippen molar-refractivity contribution < 1.29 is 14.0 Å². The van der Waals surface area contributed by atoms with E-state index in [1.165, 1.54) is 42.2 Å². The highest BCUT2D eigenvalue weighted by Crippen LogP contribution is 2.37. The van der Waals surface area contributed by atoms with E-state index in [2.05, 4.69) is 84.3 Å². The number of halogens is 1. The van der Waals surface area contributed by atoms with Crippen LogP contribution in [0.4, 0.5) is 26.2 Å². The zero-order valence-corrected chi connectivity index (χ0v) is 30.6. The van der Waals surface area contributed by atoms with E-state index in [9.17, 15) is 19.2 Å². The van der Waals surface area contributed by atoms with Crippen LogP contribution in [-0.4, -0.2) is 78.7 Å². The zero-order valence-electron chi connectivity index (χ0n) is 30.6. The van der Waals surface area contributed by atoms with Crippen LogP contribution < -0.4 is 20.0 Å². The number of anilines is 3. The van der Waals surface area contributed by atoms with E-state index in [-0.39, 0.29) is 17.8 Å². The number of carbonyl (C=O) groups is 2. The van der Waals surface area contributed by atoms with Crippen molar-refractivity contribution in [3.05, 3.63) is 90.0 Å². The highest BCUT2D eigenvalue weighted by molar-refractivity contribution is 6.06. The molecule has 4 aliphatic rings. The Hall–Kier alpha value is -5.34. The summed E-state index contributed by atoms with van der Waals surface area (Å²) in [5.74, 6) is 0.673. The molecule has 9 rings (SSSR count). The van der Waals surface area contributed by atoms with Crippen LogP contribution in [0, 0.1) is 23.1 Å². The molecular formula is C43H47FN8O2. The number of benzene rings is 3. The maximum atomic E-state index is 14.5. The van der Waals surface area contributed by atoms with Crippen molar-refractivity contribution in [2.75, 3.05) is 67.1 Å². The SMILES string of the molecule is N#Cc1c[nH]c2c(N3CCC(c4ccc(N5CCC(CN6CCC(n7ccc8cc(N9CCC(=O)NC9=O)ccc87)CC6)CC5)cc4)CC3)ccc(F)c12. The molecule has 0 radical (unpaired) electrons. The minimum absolute atomic E-state index is 0.213. The van der Waals surface area contributed by atoms with Gasteiger partial charge < -0.3 is 24.3 Å². The van der Waals surface area contributed by atoms with Crippen LogP contribution in [0.2, 0.25) is 0 Å². The monoisotopic (exact) mass is 726 g/mol. The molecule has 10 nitrogen and oxygen atoms in total. The van der Waals surface area contributed by atoms with E-state index >= 15 is 0 Å². The van der Waals surface area contributed by atoms with Gasteiger partial charge in [0.25, 0.3) is 0 Å². The Morgan fingerprint density at radius 1 is 0.796 bits per heavy atom. The molecule has 4 fully saturated rings. The number of hydrogen-bond acceptors (Lipinski definition) is 6. The van der Waals surface area contributed by atoms with Crippen LogP contribution in [0.3, 0.4) is 0 Å². The Balaban J connectivity index is 0.734. The number of piperidine rings is 3. The summed E-state index contributed by atoms with van der Waals surface area (Å²) < 4.78 is 16.9. The minimum Gasteiger partial charge on any atom is -0.372 e. The number of aromatic amines is 1. The fourth-order valence-electron chi connectivity index (χ4n) is 9.52. The zero-order chi connectivity index (χ0) is 36.8. The number of amides is 3. The molecule has 3 aromatic carbocycles. The van der Waals surface area contributed by atoms with Gasteiger partial charge in [0.15, 0.2) is 0 Å². The smallest absolute Gasteiger partial charge is 0.328 e. The number of carbonyl (C=O) groups excluding carboxylic acids is 2. The molecule has 2 N–H and O–H groups in total. The van der Waals surface area contributed by atoms with E-state index in [0.29, 0.717) is 41.4 Å². The maximum Gasteiger partial charge on any atom is 0.328 e. The lowest BCUT2D eigenvalue weighted by atomic mass is 9.88. The third kappa shape index (κ3) is 6.57. The number of H-pyrrole nitrogens is 1. The molecular weight excluding hydrogens is 680 g/mol. The van der Waals surface area contributed by atoms with Gasteiger partial charge in [0, 0.05) is 99.5 Å². The fraction of sp³-hybridized carbons (Fsp3) is 0.419. The first-order valence-corrected chi connectivity index (χ1v) is 19.7. The molecule has 0 saturated carbocycles. The standard InChI is InChI=1S/C43H47FN8O2/c44-37-6-8-39(42-41(37)33(26-45)27-46-42)50-21-11-31(12-22-50)30-1-3-34(4-2-30)49-19-9-29(10-20-49)28-48-17-14-35(15-18-48)51-23-13-32-25-36(5-7-38(32)51)52-24-16-40(53)47-43(52)54/h1-8,13,23,25,27,29,31,35,46H,9-12,14-22,24,28H2,(H,47,53,54). The summed E-state index contributed by atoms with van der Waals surface area (Å²) in [6.07, 6.45) is 10.9. The molecule has 6 heterocycles. The predicted molar refractivity (Wildman–Crippen MR) is 211 cm³/mol. The molecule has 3 amide bonds. The highest BCUT2D eigenvalue weighted by atomic mass is 19.1. The van der Waals surface area contributed by atoms with Crippen LogP contribution in [0.1, 0.15) is 68.0 Å². The number of nitrogens with zero attached hydrogens (tertiary/aromatic N) is 6. The van der Waals surface area contributed by atoms with Crippen LogP contribution >= 0.6 is 0 Å². The Kier molecular flexibility index (Phi) is 9.23. The van der Waals surface area contributed by atoms with E-state index in [4.69, 9.17) is 0 Å². The third-order valence-corrected chi connectivity index (χ3v) is 12.6. The fourth-order valence-corrected chi connectivity index (χ4v) is 9.52. The number of aromatic nitrogens is 2. The van der Waals surface area contributed by atoms with Crippen molar-refractivity contribution in [1.29, 1.82) is 5.26 Å².